The number of hydrogen-bond donors (Lipinski definition) is 3. The van der Waals surface area contributed by atoms with Crippen molar-refractivity contribution in [2.75, 3.05) is 39.1 Å². The first kappa shape index (κ1) is 18.7. The van der Waals surface area contributed by atoms with Crippen molar-refractivity contribution >= 4 is 11.6 Å². The van der Waals surface area contributed by atoms with E-state index in [9.17, 15) is 9.59 Å². The third kappa shape index (κ3) is 4.53. The zero-order valence-corrected chi connectivity index (χ0v) is 15.4. The Labute approximate surface area is 157 Å². The van der Waals surface area contributed by atoms with Gasteiger partial charge >= 0.3 is 0 Å². The average molecular weight is 369 g/mol. The number of hydrogen-bond acceptors (Lipinski definition) is 6. The highest BCUT2D eigenvalue weighted by molar-refractivity contribution is 5.88. The lowest BCUT2D eigenvalue weighted by Crippen LogP contribution is -2.57. The van der Waals surface area contributed by atoms with Crippen molar-refractivity contribution in [2.45, 2.75) is 6.04 Å². The minimum atomic E-state index is -0.196. The summed E-state index contributed by atoms with van der Waals surface area (Å²) in [5.41, 5.74) is 2.02. The van der Waals surface area contributed by atoms with Gasteiger partial charge in [0.1, 0.15) is 5.69 Å². The monoisotopic (exact) mass is 369 g/mol. The number of anilines is 1. The number of methoxy groups -OCH3 is 1. The third-order valence-electron chi connectivity index (χ3n) is 4.32. The molecule has 142 valence electrons. The van der Waals surface area contributed by atoms with Crippen molar-refractivity contribution in [2.24, 2.45) is 0 Å². The molecule has 27 heavy (non-hydrogen) atoms. The van der Waals surface area contributed by atoms with E-state index in [1.54, 1.807) is 48.7 Å². The summed E-state index contributed by atoms with van der Waals surface area (Å²) in [4.78, 5) is 32.7. The number of rotatable bonds is 7. The van der Waals surface area contributed by atoms with Gasteiger partial charge < -0.3 is 25.3 Å². The Morgan fingerprint density at radius 1 is 1.41 bits per heavy atom. The van der Waals surface area contributed by atoms with Gasteiger partial charge in [0.2, 0.25) is 11.8 Å². The SMILES string of the molecule is CNC/C=C/C(=O)N1CC(Nc2cc(-c3ccnc(OC)c3)c[nH]c2=O)C1. The van der Waals surface area contributed by atoms with Crippen molar-refractivity contribution in [3.05, 3.63) is 53.1 Å². The molecule has 2 aromatic rings. The molecule has 0 unspecified atom stereocenters. The highest BCUT2D eigenvalue weighted by Gasteiger charge is 2.29. The Morgan fingerprint density at radius 3 is 2.96 bits per heavy atom. The number of carbonyl (C=O) groups is 1. The van der Waals surface area contributed by atoms with Gasteiger partial charge in [-0.05, 0) is 24.7 Å². The summed E-state index contributed by atoms with van der Waals surface area (Å²) in [6, 6.07) is 5.50. The van der Waals surface area contributed by atoms with E-state index in [-0.39, 0.29) is 17.5 Å². The molecule has 3 N–H and O–H groups in total. The highest BCUT2D eigenvalue weighted by atomic mass is 16.5. The molecule has 0 radical (unpaired) electrons. The molecule has 3 heterocycles. The lowest BCUT2D eigenvalue weighted by Gasteiger charge is -2.39. The van der Waals surface area contributed by atoms with Gasteiger partial charge in [-0.25, -0.2) is 4.98 Å². The molecule has 0 spiro atoms. The molecule has 2 aromatic heterocycles. The minimum absolute atomic E-state index is 0.0187. The number of nitrogens with zero attached hydrogens (tertiary/aromatic N) is 2. The molecule has 1 saturated heterocycles. The van der Waals surface area contributed by atoms with Gasteiger partial charge in [0, 0.05) is 49.7 Å². The molecule has 1 aliphatic heterocycles. The Hall–Kier alpha value is -3.13. The van der Waals surface area contributed by atoms with Crippen molar-refractivity contribution in [3.63, 3.8) is 0 Å². The first-order chi connectivity index (χ1) is 13.1. The minimum Gasteiger partial charge on any atom is -0.481 e. The van der Waals surface area contributed by atoms with Crippen molar-refractivity contribution in [1.29, 1.82) is 0 Å². The van der Waals surface area contributed by atoms with Crippen molar-refractivity contribution < 1.29 is 9.53 Å². The van der Waals surface area contributed by atoms with E-state index < -0.39 is 0 Å². The molecule has 1 fully saturated rings. The molecule has 3 rings (SSSR count). The molecular formula is C19H23N5O3. The standard InChI is InChI=1S/C19H23N5O3/c1-20-6-3-4-18(25)24-11-15(12-24)23-16-8-14(10-22-19(16)26)13-5-7-21-17(9-13)27-2/h3-5,7-10,15,20,23H,6,11-12H2,1-2H3,(H,22,26)/b4-3+. The van der Waals surface area contributed by atoms with Gasteiger partial charge in [-0.2, -0.15) is 0 Å². The predicted molar refractivity (Wildman–Crippen MR) is 104 cm³/mol. The van der Waals surface area contributed by atoms with Crippen LogP contribution in [0.1, 0.15) is 0 Å². The number of aromatic nitrogens is 2. The Bertz CT molecular complexity index is 887. The Kier molecular flexibility index (Phi) is 5.87. The van der Waals surface area contributed by atoms with Crippen LogP contribution < -0.4 is 20.9 Å². The zero-order valence-electron chi connectivity index (χ0n) is 15.4. The lowest BCUT2D eigenvalue weighted by molar-refractivity contribution is -0.129. The van der Waals surface area contributed by atoms with E-state index in [0.29, 0.717) is 31.2 Å². The van der Waals surface area contributed by atoms with Gasteiger partial charge in [-0.1, -0.05) is 6.08 Å². The average Bonchev–Trinajstić information content (AvgIpc) is 2.65. The van der Waals surface area contributed by atoms with Crippen LogP contribution in [0, 0.1) is 0 Å². The topological polar surface area (TPSA) is 99.3 Å². The van der Waals surface area contributed by atoms with Crippen LogP contribution in [0.15, 0.2) is 47.5 Å². The van der Waals surface area contributed by atoms with Crippen LogP contribution in [0.3, 0.4) is 0 Å². The first-order valence-corrected chi connectivity index (χ1v) is 8.70. The fourth-order valence-electron chi connectivity index (χ4n) is 2.81. The molecule has 0 bridgehead atoms. The number of carbonyl (C=O) groups excluding carboxylic acids is 1. The number of nitrogens with one attached hydrogen (secondary N) is 3. The molecule has 0 aromatic carbocycles. The summed E-state index contributed by atoms with van der Waals surface area (Å²) in [5, 5.41) is 6.17. The maximum atomic E-state index is 12.1. The molecule has 1 amide bonds. The third-order valence-corrected chi connectivity index (χ3v) is 4.32. The number of aromatic amines is 1. The molecule has 1 aliphatic rings. The van der Waals surface area contributed by atoms with Crippen LogP contribution in [0.25, 0.3) is 11.1 Å². The van der Waals surface area contributed by atoms with E-state index in [4.69, 9.17) is 4.74 Å². The van der Waals surface area contributed by atoms with Crippen LogP contribution in [0.5, 0.6) is 5.88 Å². The quantitative estimate of drug-likeness (QED) is 0.626. The van der Waals surface area contributed by atoms with E-state index in [1.165, 1.54) is 0 Å². The second-order valence-corrected chi connectivity index (χ2v) is 6.26. The van der Waals surface area contributed by atoms with Crippen LogP contribution >= 0.6 is 0 Å². The number of H-pyrrole nitrogens is 1. The van der Waals surface area contributed by atoms with E-state index in [1.807, 2.05) is 13.1 Å². The number of pyridine rings is 2. The second kappa shape index (κ2) is 8.50. The van der Waals surface area contributed by atoms with E-state index in [2.05, 4.69) is 20.6 Å². The predicted octanol–water partition coefficient (Wildman–Crippen LogP) is 0.844. The lowest BCUT2D eigenvalue weighted by atomic mass is 10.1. The maximum Gasteiger partial charge on any atom is 0.271 e. The fourth-order valence-corrected chi connectivity index (χ4v) is 2.81. The Balaban J connectivity index is 1.65. The summed E-state index contributed by atoms with van der Waals surface area (Å²) >= 11 is 0. The molecule has 8 nitrogen and oxygen atoms in total. The van der Waals surface area contributed by atoms with Crippen LogP contribution in [0.2, 0.25) is 0 Å². The van der Waals surface area contributed by atoms with Crippen LogP contribution in [-0.2, 0) is 4.79 Å². The molecular weight excluding hydrogens is 346 g/mol. The van der Waals surface area contributed by atoms with Gasteiger partial charge in [0.25, 0.3) is 5.56 Å². The summed E-state index contributed by atoms with van der Waals surface area (Å²) in [7, 11) is 3.38. The Morgan fingerprint density at radius 2 is 2.22 bits per heavy atom. The van der Waals surface area contributed by atoms with E-state index in [0.717, 1.165) is 11.1 Å². The van der Waals surface area contributed by atoms with Crippen molar-refractivity contribution in [1.82, 2.24) is 20.2 Å². The number of amides is 1. The second-order valence-electron chi connectivity index (χ2n) is 6.26. The molecule has 0 atom stereocenters. The van der Waals surface area contributed by atoms with Crippen LogP contribution in [-0.4, -0.2) is 60.6 Å². The largest absolute Gasteiger partial charge is 0.481 e. The molecule has 0 saturated carbocycles. The van der Waals surface area contributed by atoms with E-state index >= 15 is 0 Å². The summed E-state index contributed by atoms with van der Waals surface area (Å²) in [5.74, 6) is 0.488. The number of likely N-dealkylation sites (N-methyl/N-ethyl adjacent to an activating group) is 1. The number of ether oxygens (including phenoxy) is 1. The molecule has 8 heteroatoms. The summed E-state index contributed by atoms with van der Waals surface area (Å²) in [6.07, 6.45) is 6.67. The van der Waals surface area contributed by atoms with Gasteiger partial charge in [0.05, 0.1) is 13.2 Å². The normalized spacial score (nSPS) is 14.2. The van der Waals surface area contributed by atoms with Gasteiger partial charge in [-0.15, -0.1) is 0 Å². The first-order valence-electron chi connectivity index (χ1n) is 8.70. The smallest absolute Gasteiger partial charge is 0.271 e. The van der Waals surface area contributed by atoms with Gasteiger partial charge in [-0.3, -0.25) is 9.59 Å². The summed E-state index contributed by atoms with van der Waals surface area (Å²) < 4.78 is 5.15. The highest BCUT2D eigenvalue weighted by Crippen LogP contribution is 2.23. The number of likely N-dealkylation sites (tertiary alicyclic amines) is 1. The molecule has 0 aliphatic carbocycles. The van der Waals surface area contributed by atoms with Crippen molar-refractivity contribution in [3.8, 4) is 17.0 Å². The fraction of sp³-hybridized carbons (Fsp3) is 0.316. The zero-order chi connectivity index (χ0) is 19.2. The van der Waals surface area contributed by atoms with Gasteiger partial charge in [0.15, 0.2) is 0 Å². The maximum absolute atomic E-state index is 12.1. The van der Waals surface area contributed by atoms with Crippen LogP contribution in [0.4, 0.5) is 5.69 Å². The summed E-state index contributed by atoms with van der Waals surface area (Å²) in [6.45, 7) is 1.79.